The van der Waals surface area contributed by atoms with Crippen LogP contribution < -0.4 is 10.1 Å². The van der Waals surface area contributed by atoms with Gasteiger partial charge in [-0.25, -0.2) is 14.5 Å². The van der Waals surface area contributed by atoms with Crippen LogP contribution in [0.4, 0.5) is 5.00 Å². The number of nitrogens with zero attached hydrogens (tertiary/aromatic N) is 3. The van der Waals surface area contributed by atoms with Crippen molar-refractivity contribution < 1.29 is 19.1 Å². The van der Waals surface area contributed by atoms with Crippen LogP contribution in [-0.2, 0) is 16.6 Å². The van der Waals surface area contributed by atoms with E-state index in [1.54, 1.807) is 18.7 Å². The molecule has 0 bridgehead atoms. The van der Waals surface area contributed by atoms with Crippen LogP contribution in [0.1, 0.15) is 52.9 Å². The third-order valence-corrected chi connectivity index (χ3v) is 5.91. The van der Waals surface area contributed by atoms with Crippen LogP contribution in [-0.4, -0.2) is 39.9 Å². The van der Waals surface area contributed by atoms with Crippen molar-refractivity contribution in [3.63, 3.8) is 0 Å². The summed E-state index contributed by atoms with van der Waals surface area (Å²) in [6, 6.07) is 1.95. The van der Waals surface area contributed by atoms with E-state index >= 15 is 0 Å². The van der Waals surface area contributed by atoms with Crippen molar-refractivity contribution >= 4 is 39.2 Å². The second-order valence-corrected chi connectivity index (χ2v) is 8.31. The van der Waals surface area contributed by atoms with Gasteiger partial charge in [0, 0.05) is 12.7 Å². The predicted molar refractivity (Wildman–Crippen MR) is 114 cm³/mol. The van der Waals surface area contributed by atoms with Gasteiger partial charge in [-0.2, -0.15) is 0 Å². The van der Waals surface area contributed by atoms with Crippen molar-refractivity contribution in [2.75, 3.05) is 18.5 Å². The van der Waals surface area contributed by atoms with Gasteiger partial charge in [0.05, 0.1) is 17.6 Å². The minimum Gasteiger partial charge on any atom is -0.466 e. The van der Waals surface area contributed by atoms with Gasteiger partial charge >= 0.3 is 5.97 Å². The Bertz CT molecular complexity index is 1130. The largest absolute Gasteiger partial charge is 0.466 e. The number of pyridine rings is 1. The van der Waals surface area contributed by atoms with E-state index < -0.39 is 5.97 Å². The highest BCUT2D eigenvalue weighted by Crippen LogP contribution is 2.46. The van der Waals surface area contributed by atoms with Crippen LogP contribution in [0.25, 0.3) is 11.0 Å². The van der Waals surface area contributed by atoms with Gasteiger partial charge in [-0.15, -0.1) is 16.4 Å². The molecule has 0 aliphatic heterocycles. The molecule has 4 rings (SSSR count). The number of aryl methyl sites for hydroxylation is 3. The van der Waals surface area contributed by atoms with Crippen molar-refractivity contribution in [2.45, 2.75) is 39.5 Å². The zero-order valence-corrected chi connectivity index (χ0v) is 18.3. The van der Waals surface area contributed by atoms with Crippen molar-refractivity contribution in [1.29, 1.82) is 0 Å². The number of carbonyl (C=O) groups excluding carboxylic acids is 2. The highest BCUT2D eigenvalue weighted by Gasteiger charge is 2.32. The molecule has 1 saturated carbocycles. The number of aromatic nitrogens is 3. The van der Waals surface area contributed by atoms with Crippen molar-refractivity contribution in [2.24, 2.45) is 7.05 Å². The number of nitrogens with one attached hydrogen (secondary N) is 1. The molecule has 1 amide bonds. The number of rotatable bonds is 7. The molecular weight excluding hydrogens is 404 g/mol. The molecule has 158 valence electrons. The fourth-order valence-corrected chi connectivity index (χ4v) is 4.57. The Kier molecular flexibility index (Phi) is 5.46. The minimum atomic E-state index is -0.398. The van der Waals surface area contributed by atoms with E-state index in [1.807, 2.05) is 25.3 Å². The van der Waals surface area contributed by atoms with Crippen LogP contribution in [0.15, 0.2) is 11.4 Å². The molecule has 9 heteroatoms. The molecule has 0 atom stereocenters. The molecule has 0 radical (unpaired) electrons. The Morgan fingerprint density at radius 3 is 2.80 bits per heavy atom. The zero-order valence-electron chi connectivity index (χ0n) is 17.4. The first kappa shape index (κ1) is 20.3. The average Bonchev–Trinajstić information content (AvgIpc) is 3.37. The topological polar surface area (TPSA) is 95.3 Å². The second-order valence-electron chi connectivity index (χ2n) is 7.43. The fourth-order valence-electron chi connectivity index (χ4n) is 3.52. The van der Waals surface area contributed by atoms with Crippen LogP contribution in [0, 0.1) is 13.8 Å². The number of hydrogen-bond acceptors (Lipinski definition) is 7. The normalized spacial score (nSPS) is 13.5. The van der Waals surface area contributed by atoms with E-state index in [-0.39, 0.29) is 19.1 Å². The predicted octanol–water partition coefficient (Wildman–Crippen LogP) is 3.72. The molecule has 30 heavy (non-hydrogen) atoms. The molecule has 8 nitrogen and oxygen atoms in total. The van der Waals surface area contributed by atoms with E-state index in [1.165, 1.54) is 11.3 Å². The Morgan fingerprint density at radius 2 is 2.10 bits per heavy atom. The Hall–Kier alpha value is -2.94. The van der Waals surface area contributed by atoms with Crippen molar-refractivity contribution in [3.8, 4) is 5.88 Å². The molecule has 0 saturated heterocycles. The summed E-state index contributed by atoms with van der Waals surface area (Å²) in [6.07, 6.45) is 2.11. The standard InChI is InChI=1S/C21H24N4O4S/c1-5-28-21(27)17-14(13-6-7-13)10-30-20(17)23-15(26)9-29-19-16-11(2)8-12(3)22-18(16)25(4)24-19/h8,10,13H,5-7,9H2,1-4H3,(H,23,26). The summed E-state index contributed by atoms with van der Waals surface area (Å²) in [5.41, 5.74) is 4.01. The number of amides is 1. The summed E-state index contributed by atoms with van der Waals surface area (Å²) in [5, 5.41) is 10.4. The van der Waals surface area contributed by atoms with Gasteiger partial charge in [0.1, 0.15) is 5.00 Å². The number of anilines is 1. The van der Waals surface area contributed by atoms with E-state index in [2.05, 4.69) is 15.4 Å². The van der Waals surface area contributed by atoms with Gasteiger partial charge in [0.25, 0.3) is 5.91 Å². The lowest BCUT2D eigenvalue weighted by atomic mass is 10.1. The third kappa shape index (κ3) is 3.89. The smallest absolute Gasteiger partial charge is 0.341 e. The summed E-state index contributed by atoms with van der Waals surface area (Å²) < 4.78 is 12.6. The lowest BCUT2D eigenvalue weighted by molar-refractivity contribution is -0.118. The molecular formula is C21H24N4O4S. The van der Waals surface area contributed by atoms with Crippen LogP contribution in [0.5, 0.6) is 5.88 Å². The monoisotopic (exact) mass is 428 g/mol. The van der Waals surface area contributed by atoms with Crippen molar-refractivity contribution in [3.05, 3.63) is 33.8 Å². The molecule has 0 spiro atoms. The average molecular weight is 429 g/mol. The number of carbonyl (C=O) groups is 2. The molecule has 0 aromatic carbocycles. The maximum atomic E-state index is 12.6. The number of esters is 1. The van der Waals surface area contributed by atoms with E-state index in [9.17, 15) is 9.59 Å². The highest BCUT2D eigenvalue weighted by molar-refractivity contribution is 7.15. The molecule has 3 aromatic heterocycles. The van der Waals surface area contributed by atoms with Crippen LogP contribution in [0.2, 0.25) is 0 Å². The van der Waals surface area contributed by atoms with Gasteiger partial charge < -0.3 is 14.8 Å². The first-order valence-corrected chi connectivity index (χ1v) is 10.8. The van der Waals surface area contributed by atoms with Gasteiger partial charge in [-0.05, 0) is 62.1 Å². The van der Waals surface area contributed by atoms with E-state index in [0.717, 1.165) is 35.0 Å². The first-order chi connectivity index (χ1) is 14.4. The van der Waals surface area contributed by atoms with E-state index in [0.29, 0.717) is 28.0 Å². The number of thiophene rings is 1. The Balaban J connectivity index is 1.50. The summed E-state index contributed by atoms with van der Waals surface area (Å²) >= 11 is 1.34. The summed E-state index contributed by atoms with van der Waals surface area (Å²) in [7, 11) is 1.79. The van der Waals surface area contributed by atoms with Gasteiger partial charge in [0.15, 0.2) is 12.3 Å². The Labute approximate surface area is 178 Å². The summed E-state index contributed by atoms with van der Waals surface area (Å²) in [4.78, 5) is 29.5. The maximum Gasteiger partial charge on any atom is 0.341 e. The SMILES string of the molecule is CCOC(=O)c1c(C2CC2)csc1NC(=O)COc1nn(C)c2nc(C)cc(C)c12. The number of hydrogen-bond donors (Lipinski definition) is 1. The van der Waals surface area contributed by atoms with Gasteiger partial charge in [-0.3, -0.25) is 4.79 Å². The molecule has 1 aliphatic carbocycles. The van der Waals surface area contributed by atoms with Gasteiger partial charge in [-0.1, -0.05) is 0 Å². The fraction of sp³-hybridized carbons (Fsp3) is 0.429. The summed E-state index contributed by atoms with van der Waals surface area (Å²) in [6.45, 7) is 5.71. The van der Waals surface area contributed by atoms with Crippen LogP contribution >= 0.6 is 11.3 Å². The van der Waals surface area contributed by atoms with E-state index in [4.69, 9.17) is 9.47 Å². The third-order valence-electron chi connectivity index (χ3n) is 5.00. The van der Waals surface area contributed by atoms with Crippen molar-refractivity contribution in [1.82, 2.24) is 14.8 Å². The zero-order chi connectivity index (χ0) is 21.4. The molecule has 1 fully saturated rings. The highest BCUT2D eigenvalue weighted by atomic mass is 32.1. The van der Waals surface area contributed by atoms with Crippen LogP contribution in [0.3, 0.4) is 0 Å². The lowest BCUT2D eigenvalue weighted by Gasteiger charge is -2.09. The minimum absolute atomic E-state index is 0.224. The summed E-state index contributed by atoms with van der Waals surface area (Å²) in [5.74, 6) is -0.0181. The quantitative estimate of drug-likeness (QED) is 0.576. The lowest BCUT2D eigenvalue weighted by Crippen LogP contribution is -2.21. The van der Waals surface area contributed by atoms with Gasteiger partial charge in [0.2, 0.25) is 5.88 Å². The number of fused-ring (bicyclic) bond motifs is 1. The molecule has 3 heterocycles. The molecule has 0 unspecified atom stereocenters. The Morgan fingerprint density at radius 1 is 1.33 bits per heavy atom. The number of ether oxygens (including phenoxy) is 2. The second kappa shape index (κ2) is 8.06. The maximum absolute atomic E-state index is 12.6. The molecule has 1 aliphatic rings. The molecule has 3 aromatic rings. The molecule has 1 N–H and O–H groups in total. The first-order valence-electron chi connectivity index (χ1n) is 9.91.